The van der Waals surface area contributed by atoms with E-state index in [2.05, 4.69) is 10.6 Å². The number of nitrogens with one attached hydrogen (secondary N) is 2. The number of hydrogen-bond acceptors (Lipinski definition) is 4. The van der Waals surface area contributed by atoms with Crippen molar-refractivity contribution in [1.82, 2.24) is 14.9 Å². The molecular weight excluding hydrogens is 278 g/mol. The van der Waals surface area contributed by atoms with Gasteiger partial charge in [0.2, 0.25) is 15.9 Å². The molecular formula is C13H27N3O3S. The van der Waals surface area contributed by atoms with Crippen LogP contribution in [0.3, 0.4) is 0 Å². The predicted octanol–water partition coefficient (Wildman–Crippen LogP) is 0.164. The summed E-state index contributed by atoms with van der Waals surface area (Å²) in [5, 5.41) is 5.84. The van der Waals surface area contributed by atoms with E-state index in [1.807, 2.05) is 14.0 Å². The Morgan fingerprint density at radius 3 is 2.45 bits per heavy atom. The van der Waals surface area contributed by atoms with E-state index in [0.29, 0.717) is 38.9 Å². The van der Waals surface area contributed by atoms with Gasteiger partial charge >= 0.3 is 0 Å². The standard InChI is InChI=1S/C13H27N3O3S/c1-3-4-11-20(18,19)16-9-5-12(6-10-16)13(17)15-8-7-14-2/h12,14H,3-11H2,1-2H3,(H,15,17). The fourth-order valence-corrected chi connectivity index (χ4v) is 3.99. The molecule has 0 aliphatic carbocycles. The molecule has 1 aliphatic rings. The van der Waals surface area contributed by atoms with Crippen LogP contribution in [0.2, 0.25) is 0 Å². The van der Waals surface area contributed by atoms with Crippen LogP contribution in [-0.2, 0) is 14.8 Å². The second-order valence-corrected chi connectivity index (χ2v) is 7.33. The Labute approximate surface area is 122 Å². The van der Waals surface area contributed by atoms with Gasteiger partial charge in [-0.25, -0.2) is 12.7 Å². The summed E-state index contributed by atoms with van der Waals surface area (Å²) >= 11 is 0. The molecule has 0 bridgehead atoms. The maximum absolute atomic E-state index is 12.0. The minimum absolute atomic E-state index is 0.0471. The van der Waals surface area contributed by atoms with E-state index in [9.17, 15) is 13.2 Å². The van der Waals surface area contributed by atoms with Gasteiger partial charge in [0.15, 0.2) is 0 Å². The van der Waals surface area contributed by atoms with Crippen molar-refractivity contribution in [1.29, 1.82) is 0 Å². The smallest absolute Gasteiger partial charge is 0.223 e. The molecule has 0 aromatic rings. The summed E-state index contributed by atoms with van der Waals surface area (Å²) in [7, 11) is -1.28. The van der Waals surface area contributed by atoms with Gasteiger partial charge in [0.1, 0.15) is 0 Å². The van der Waals surface area contributed by atoms with Crippen molar-refractivity contribution < 1.29 is 13.2 Å². The summed E-state index contributed by atoms with van der Waals surface area (Å²) in [4.78, 5) is 11.9. The number of unbranched alkanes of at least 4 members (excludes halogenated alkanes) is 1. The molecule has 1 aliphatic heterocycles. The fourth-order valence-electron chi connectivity index (χ4n) is 2.31. The Hall–Kier alpha value is -0.660. The van der Waals surface area contributed by atoms with Crippen molar-refractivity contribution in [3.63, 3.8) is 0 Å². The molecule has 0 radical (unpaired) electrons. The lowest BCUT2D eigenvalue weighted by molar-refractivity contribution is -0.126. The lowest BCUT2D eigenvalue weighted by Crippen LogP contribution is -2.44. The maximum Gasteiger partial charge on any atom is 0.223 e. The normalized spacial score (nSPS) is 18.1. The first-order chi connectivity index (χ1) is 9.51. The zero-order valence-corrected chi connectivity index (χ0v) is 13.3. The zero-order chi connectivity index (χ0) is 15.0. The van der Waals surface area contributed by atoms with E-state index in [0.717, 1.165) is 13.0 Å². The van der Waals surface area contributed by atoms with Crippen LogP contribution in [0.15, 0.2) is 0 Å². The highest BCUT2D eigenvalue weighted by Crippen LogP contribution is 2.20. The van der Waals surface area contributed by atoms with Crippen molar-refractivity contribution in [2.75, 3.05) is 39.0 Å². The van der Waals surface area contributed by atoms with Crippen molar-refractivity contribution in [2.45, 2.75) is 32.6 Å². The van der Waals surface area contributed by atoms with E-state index in [-0.39, 0.29) is 17.6 Å². The second kappa shape index (κ2) is 8.59. The van der Waals surface area contributed by atoms with Crippen LogP contribution >= 0.6 is 0 Å². The summed E-state index contributed by atoms with van der Waals surface area (Å²) in [6, 6.07) is 0. The number of hydrogen-bond donors (Lipinski definition) is 2. The SMILES string of the molecule is CCCCS(=O)(=O)N1CCC(C(=O)NCCNC)CC1. The van der Waals surface area contributed by atoms with Gasteiger partial charge < -0.3 is 10.6 Å². The number of nitrogens with zero attached hydrogens (tertiary/aromatic N) is 1. The van der Waals surface area contributed by atoms with E-state index >= 15 is 0 Å². The Bertz CT molecular complexity index is 390. The van der Waals surface area contributed by atoms with Gasteiger partial charge in [-0.15, -0.1) is 0 Å². The molecule has 1 fully saturated rings. The number of piperidine rings is 1. The number of carbonyl (C=O) groups is 1. The van der Waals surface area contributed by atoms with Crippen molar-refractivity contribution >= 4 is 15.9 Å². The van der Waals surface area contributed by atoms with Crippen LogP contribution in [0.4, 0.5) is 0 Å². The summed E-state index contributed by atoms with van der Waals surface area (Å²) in [6.45, 7) is 4.28. The van der Waals surface area contributed by atoms with Crippen LogP contribution in [0, 0.1) is 5.92 Å². The van der Waals surface area contributed by atoms with Crippen molar-refractivity contribution in [3.8, 4) is 0 Å². The molecule has 1 heterocycles. The third kappa shape index (κ3) is 5.38. The molecule has 6 nitrogen and oxygen atoms in total. The van der Waals surface area contributed by atoms with Gasteiger partial charge in [0, 0.05) is 32.1 Å². The molecule has 7 heteroatoms. The van der Waals surface area contributed by atoms with Crippen LogP contribution in [0.25, 0.3) is 0 Å². The van der Waals surface area contributed by atoms with E-state index < -0.39 is 10.0 Å². The summed E-state index contributed by atoms with van der Waals surface area (Å²) in [6.07, 6.45) is 2.82. The monoisotopic (exact) mass is 305 g/mol. The molecule has 0 atom stereocenters. The number of carbonyl (C=O) groups excluding carboxylic acids is 1. The lowest BCUT2D eigenvalue weighted by Gasteiger charge is -2.30. The van der Waals surface area contributed by atoms with Gasteiger partial charge in [0.25, 0.3) is 0 Å². The molecule has 118 valence electrons. The summed E-state index contributed by atoms with van der Waals surface area (Å²) < 4.78 is 25.6. The molecule has 1 amide bonds. The Kier molecular flexibility index (Phi) is 7.47. The van der Waals surface area contributed by atoms with Gasteiger partial charge in [-0.05, 0) is 26.3 Å². The Morgan fingerprint density at radius 2 is 1.90 bits per heavy atom. The second-order valence-electron chi connectivity index (χ2n) is 5.24. The predicted molar refractivity (Wildman–Crippen MR) is 79.9 cm³/mol. The van der Waals surface area contributed by atoms with E-state index in [1.54, 1.807) is 4.31 Å². The first kappa shape index (κ1) is 17.4. The lowest BCUT2D eigenvalue weighted by atomic mass is 9.97. The molecule has 0 saturated carbocycles. The molecule has 0 unspecified atom stereocenters. The van der Waals surface area contributed by atoms with Crippen molar-refractivity contribution in [3.05, 3.63) is 0 Å². The molecule has 0 aromatic heterocycles. The number of rotatable bonds is 8. The maximum atomic E-state index is 12.0. The van der Waals surface area contributed by atoms with Crippen LogP contribution in [0.5, 0.6) is 0 Å². The topological polar surface area (TPSA) is 78.5 Å². The highest BCUT2D eigenvalue weighted by atomic mass is 32.2. The van der Waals surface area contributed by atoms with Gasteiger partial charge in [-0.3, -0.25) is 4.79 Å². The molecule has 2 N–H and O–H groups in total. The first-order valence-electron chi connectivity index (χ1n) is 7.41. The summed E-state index contributed by atoms with van der Waals surface area (Å²) in [5.74, 6) is 0.220. The Balaban J connectivity index is 2.37. The van der Waals surface area contributed by atoms with Crippen LogP contribution in [-0.4, -0.2) is 57.6 Å². The third-order valence-electron chi connectivity index (χ3n) is 3.65. The molecule has 0 spiro atoms. The molecule has 20 heavy (non-hydrogen) atoms. The highest BCUT2D eigenvalue weighted by Gasteiger charge is 2.30. The molecule has 0 aromatic carbocycles. The Morgan fingerprint density at radius 1 is 1.25 bits per heavy atom. The highest BCUT2D eigenvalue weighted by molar-refractivity contribution is 7.89. The third-order valence-corrected chi connectivity index (χ3v) is 5.60. The minimum atomic E-state index is -3.12. The van der Waals surface area contributed by atoms with Gasteiger partial charge in [0.05, 0.1) is 5.75 Å². The number of amides is 1. The van der Waals surface area contributed by atoms with Crippen LogP contribution < -0.4 is 10.6 Å². The molecule has 1 saturated heterocycles. The molecule has 1 rings (SSSR count). The number of likely N-dealkylation sites (N-methyl/N-ethyl adjacent to an activating group) is 1. The average molecular weight is 305 g/mol. The van der Waals surface area contributed by atoms with Crippen molar-refractivity contribution in [2.24, 2.45) is 5.92 Å². The summed E-state index contributed by atoms with van der Waals surface area (Å²) in [5.41, 5.74) is 0. The van der Waals surface area contributed by atoms with E-state index in [4.69, 9.17) is 0 Å². The van der Waals surface area contributed by atoms with E-state index in [1.165, 1.54) is 0 Å². The van der Waals surface area contributed by atoms with Crippen LogP contribution in [0.1, 0.15) is 32.6 Å². The quantitative estimate of drug-likeness (QED) is 0.626. The van der Waals surface area contributed by atoms with Gasteiger partial charge in [-0.1, -0.05) is 13.3 Å². The largest absolute Gasteiger partial charge is 0.355 e. The average Bonchev–Trinajstić information content (AvgIpc) is 2.45. The van der Waals surface area contributed by atoms with Gasteiger partial charge in [-0.2, -0.15) is 0 Å². The number of sulfonamides is 1. The first-order valence-corrected chi connectivity index (χ1v) is 9.02. The zero-order valence-electron chi connectivity index (χ0n) is 12.5. The minimum Gasteiger partial charge on any atom is -0.355 e. The fraction of sp³-hybridized carbons (Fsp3) is 0.923.